The van der Waals surface area contributed by atoms with Crippen LogP contribution in [0.5, 0.6) is 0 Å². The van der Waals surface area contributed by atoms with Gasteiger partial charge in [-0.2, -0.15) is 0 Å². The van der Waals surface area contributed by atoms with Gasteiger partial charge in [-0.1, -0.05) is 0 Å². The molecule has 0 atom stereocenters. The highest BCUT2D eigenvalue weighted by Crippen LogP contribution is 2.34. The Morgan fingerprint density at radius 2 is 1.63 bits per heavy atom. The fourth-order valence-electron chi connectivity index (χ4n) is 2.82. The van der Waals surface area contributed by atoms with Gasteiger partial charge in [0.1, 0.15) is 9.88 Å². The van der Waals surface area contributed by atoms with Crippen LogP contribution in [0.25, 0.3) is 0 Å². The molecule has 0 saturated carbocycles. The zero-order chi connectivity index (χ0) is 20.0. The summed E-state index contributed by atoms with van der Waals surface area (Å²) >= 11 is 1.05. The molecule has 0 aromatic carbocycles. The highest BCUT2D eigenvalue weighted by molar-refractivity contribution is 7.18. The maximum atomic E-state index is 12.5. The molecular formula is C18H27N3O5S. The van der Waals surface area contributed by atoms with Crippen LogP contribution in [0.1, 0.15) is 39.4 Å². The number of esters is 2. The second kappa shape index (κ2) is 9.82. The number of piperazine rings is 1. The number of hydrogen-bond donors (Lipinski definition) is 1. The molecule has 1 aliphatic rings. The third-order valence-electron chi connectivity index (χ3n) is 4.30. The van der Waals surface area contributed by atoms with Gasteiger partial charge in [0.05, 0.1) is 25.3 Å². The number of carbonyl (C=O) groups is 3. The second-order valence-corrected chi connectivity index (χ2v) is 7.35. The molecule has 9 heteroatoms. The van der Waals surface area contributed by atoms with Crippen LogP contribution in [-0.4, -0.2) is 80.6 Å². The molecule has 0 unspecified atom stereocenters. The summed E-state index contributed by atoms with van der Waals surface area (Å²) < 4.78 is 10.1. The van der Waals surface area contributed by atoms with Crippen LogP contribution in [0.2, 0.25) is 0 Å². The number of anilines is 1. The van der Waals surface area contributed by atoms with Crippen molar-refractivity contribution >= 4 is 34.2 Å². The Bertz CT molecular complexity index is 695. The summed E-state index contributed by atoms with van der Waals surface area (Å²) in [7, 11) is 2.05. The molecule has 1 aliphatic heterocycles. The molecule has 8 nitrogen and oxygen atoms in total. The molecule has 1 N–H and O–H groups in total. The maximum absolute atomic E-state index is 12.5. The summed E-state index contributed by atoms with van der Waals surface area (Å²) in [6.45, 7) is 9.20. The smallest absolute Gasteiger partial charge is 0.348 e. The Morgan fingerprint density at radius 3 is 2.22 bits per heavy atom. The average Bonchev–Trinajstić information content (AvgIpc) is 2.93. The molecule has 2 rings (SSSR count). The highest BCUT2D eigenvalue weighted by atomic mass is 32.1. The Labute approximate surface area is 163 Å². The predicted molar refractivity (Wildman–Crippen MR) is 104 cm³/mol. The van der Waals surface area contributed by atoms with Crippen LogP contribution in [0.3, 0.4) is 0 Å². The van der Waals surface area contributed by atoms with Gasteiger partial charge in [-0.15, -0.1) is 11.3 Å². The molecule has 1 saturated heterocycles. The van der Waals surface area contributed by atoms with Crippen molar-refractivity contribution in [1.82, 2.24) is 9.80 Å². The van der Waals surface area contributed by atoms with Gasteiger partial charge in [0.15, 0.2) is 0 Å². The van der Waals surface area contributed by atoms with E-state index in [0.29, 0.717) is 15.4 Å². The Morgan fingerprint density at radius 1 is 1.04 bits per heavy atom. The van der Waals surface area contributed by atoms with Crippen molar-refractivity contribution in [2.75, 3.05) is 58.3 Å². The first-order valence-corrected chi connectivity index (χ1v) is 9.87. The van der Waals surface area contributed by atoms with E-state index in [1.807, 2.05) is 7.05 Å². The monoisotopic (exact) mass is 397 g/mol. The predicted octanol–water partition coefficient (Wildman–Crippen LogP) is 1.60. The summed E-state index contributed by atoms with van der Waals surface area (Å²) in [4.78, 5) is 41.6. The number of ether oxygens (including phenoxy) is 2. The van der Waals surface area contributed by atoms with Gasteiger partial charge in [0.2, 0.25) is 5.91 Å². The Balaban J connectivity index is 2.17. The van der Waals surface area contributed by atoms with E-state index in [1.165, 1.54) is 0 Å². The zero-order valence-electron chi connectivity index (χ0n) is 16.3. The lowest BCUT2D eigenvalue weighted by Gasteiger charge is -2.31. The lowest BCUT2D eigenvalue weighted by atomic mass is 10.1. The molecule has 2 heterocycles. The van der Waals surface area contributed by atoms with E-state index < -0.39 is 11.9 Å². The molecule has 0 radical (unpaired) electrons. The second-order valence-electron chi connectivity index (χ2n) is 6.33. The fraction of sp³-hybridized carbons (Fsp3) is 0.611. The fourth-order valence-corrected chi connectivity index (χ4v) is 3.92. The molecule has 27 heavy (non-hydrogen) atoms. The van der Waals surface area contributed by atoms with Gasteiger partial charge in [-0.25, -0.2) is 9.59 Å². The van der Waals surface area contributed by atoms with Gasteiger partial charge >= 0.3 is 11.9 Å². The van der Waals surface area contributed by atoms with Crippen molar-refractivity contribution in [3.8, 4) is 0 Å². The third-order valence-corrected chi connectivity index (χ3v) is 5.49. The van der Waals surface area contributed by atoms with Crippen LogP contribution in [-0.2, 0) is 14.3 Å². The van der Waals surface area contributed by atoms with E-state index in [0.717, 1.165) is 37.5 Å². The van der Waals surface area contributed by atoms with E-state index in [1.54, 1.807) is 20.8 Å². The molecule has 1 amide bonds. The van der Waals surface area contributed by atoms with Crippen molar-refractivity contribution < 1.29 is 23.9 Å². The molecule has 150 valence electrons. The number of rotatable bonds is 7. The standard InChI is InChI=1S/C18H27N3O5S/c1-5-25-17(23)14-12(3)15(18(24)26-6-2)27-16(14)19-13(22)11-21-9-7-20(4)8-10-21/h5-11H2,1-4H3,(H,19,22). The summed E-state index contributed by atoms with van der Waals surface area (Å²) in [5.41, 5.74) is 0.684. The number of thiophene rings is 1. The van der Waals surface area contributed by atoms with Crippen molar-refractivity contribution in [2.24, 2.45) is 0 Å². The first-order chi connectivity index (χ1) is 12.9. The number of carbonyl (C=O) groups excluding carboxylic acids is 3. The molecule has 0 bridgehead atoms. The Kier molecular flexibility index (Phi) is 7.76. The topological polar surface area (TPSA) is 88.2 Å². The molecule has 0 spiro atoms. The van der Waals surface area contributed by atoms with Gasteiger partial charge in [-0.05, 0) is 33.4 Å². The molecule has 1 fully saturated rings. The summed E-state index contributed by atoms with van der Waals surface area (Å²) in [6.07, 6.45) is 0. The van der Waals surface area contributed by atoms with Crippen molar-refractivity contribution in [2.45, 2.75) is 20.8 Å². The number of hydrogen-bond acceptors (Lipinski definition) is 8. The van der Waals surface area contributed by atoms with E-state index in [2.05, 4.69) is 15.1 Å². The number of nitrogens with zero attached hydrogens (tertiary/aromatic N) is 2. The normalized spacial score (nSPS) is 15.4. The van der Waals surface area contributed by atoms with Gasteiger partial charge < -0.3 is 19.7 Å². The lowest BCUT2D eigenvalue weighted by molar-refractivity contribution is -0.117. The minimum Gasteiger partial charge on any atom is -0.462 e. The average molecular weight is 397 g/mol. The number of nitrogens with one attached hydrogen (secondary N) is 1. The molecular weight excluding hydrogens is 370 g/mol. The van der Waals surface area contributed by atoms with E-state index in [9.17, 15) is 14.4 Å². The Hall–Kier alpha value is -1.97. The first kappa shape index (κ1) is 21.3. The van der Waals surface area contributed by atoms with Crippen LogP contribution in [0, 0.1) is 6.92 Å². The molecule has 0 aliphatic carbocycles. The van der Waals surface area contributed by atoms with Crippen molar-refractivity contribution in [3.05, 3.63) is 16.0 Å². The van der Waals surface area contributed by atoms with Crippen LogP contribution in [0.15, 0.2) is 0 Å². The third kappa shape index (κ3) is 5.50. The van der Waals surface area contributed by atoms with Crippen LogP contribution >= 0.6 is 11.3 Å². The van der Waals surface area contributed by atoms with E-state index in [-0.39, 0.29) is 31.2 Å². The minimum atomic E-state index is -0.559. The van der Waals surface area contributed by atoms with Gasteiger partial charge in [0, 0.05) is 26.2 Å². The first-order valence-electron chi connectivity index (χ1n) is 9.05. The highest BCUT2D eigenvalue weighted by Gasteiger charge is 2.27. The summed E-state index contributed by atoms with van der Waals surface area (Å²) in [6, 6.07) is 0. The van der Waals surface area contributed by atoms with E-state index >= 15 is 0 Å². The minimum absolute atomic E-state index is 0.206. The number of amides is 1. The molecule has 1 aromatic heterocycles. The van der Waals surface area contributed by atoms with Gasteiger partial charge in [-0.3, -0.25) is 9.69 Å². The van der Waals surface area contributed by atoms with Crippen molar-refractivity contribution in [1.29, 1.82) is 0 Å². The van der Waals surface area contributed by atoms with Crippen molar-refractivity contribution in [3.63, 3.8) is 0 Å². The SMILES string of the molecule is CCOC(=O)c1sc(NC(=O)CN2CCN(C)CC2)c(C(=O)OCC)c1C. The lowest BCUT2D eigenvalue weighted by Crippen LogP contribution is -2.47. The zero-order valence-corrected chi connectivity index (χ0v) is 17.1. The van der Waals surface area contributed by atoms with E-state index in [4.69, 9.17) is 9.47 Å². The van der Waals surface area contributed by atoms with Gasteiger partial charge in [0.25, 0.3) is 0 Å². The summed E-state index contributed by atoms with van der Waals surface area (Å²) in [5, 5.41) is 3.11. The molecule has 1 aromatic rings. The van der Waals surface area contributed by atoms with Crippen LogP contribution < -0.4 is 5.32 Å². The summed E-state index contributed by atoms with van der Waals surface area (Å²) in [5.74, 6) is -1.29. The largest absolute Gasteiger partial charge is 0.462 e. The quantitative estimate of drug-likeness (QED) is 0.699. The van der Waals surface area contributed by atoms with Crippen LogP contribution in [0.4, 0.5) is 5.00 Å². The maximum Gasteiger partial charge on any atom is 0.348 e. The number of likely N-dealkylation sites (N-methyl/N-ethyl adjacent to an activating group) is 1.